The van der Waals surface area contributed by atoms with Gasteiger partial charge < -0.3 is 15.8 Å². The van der Waals surface area contributed by atoms with Gasteiger partial charge in [-0.2, -0.15) is 0 Å². The van der Waals surface area contributed by atoms with E-state index in [1.165, 1.54) is 24.1 Å². The van der Waals surface area contributed by atoms with E-state index < -0.39 is 0 Å². The third kappa shape index (κ3) is 3.00. The molecule has 0 saturated carbocycles. The van der Waals surface area contributed by atoms with Crippen LogP contribution in [0, 0.1) is 5.92 Å². The van der Waals surface area contributed by atoms with Crippen LogP contribution < -0.4 is 10.6 Å². The molecule has 1 aliphatic rings. The molecule has 0 fully saturated rings. The lowest BCUT2D eigenvalue weighted by Crippen LogP contribution is -2.36. The average molecular weight is 277 g/mol. The molecule has 1 aromatic heterocycles. The van der Waals surface area contributed by atoms with Crippen LogP contribution in [0.25, 0.3) is 0 Å². The van der Waals surface area contributed by atoms with Crippen molar-refractivity contribution in [1.82, 2.24) is 9.97 Å². The molecule has 0 aliphatic heterocycles. The largest absolute Gasteiger partial charge is 0.409 e. The quantitative estimate of drug-likeness (QED) is 0.369. The van der Waals surface area contributed by atoms with Crippen molar-refractivity contribution in [3.05, 3.63) is 17.6 Å². The maximum absolute atomic E-state index is 8.77. The van der Waals surface area contributed by atoms with Crippen LogP contribution in [0.4, 0.5) is 5.82 Å². The fraction of sp³-hybridized carbons (Fsp3) is 0.643. The van der Waals surface area contributed by atoms with Gasteiger partial charge in [-0.05, 0) is 32.6 Å². The molecular formula is C14H23N5O. The van der Waals surface area contributed by atoms with Gasteiger partial charge in [0.05, 0.1) is 0 Å². The minimum absolute atomic E-state index is 0.0193. The lowest BCUT2D eigenvalue weighted by Gasteiger charge is -2.28. The number of nitrogens with zero attached hydrogens (tertiary/aromatic N) is 4. The first-order chi connectivity index (χ1) is 9.67. The second-order valence-corrected chi connectivity index (χ2v) is 5.29. The molecule has 0 radical (unpaired) electrons. The van der Waals surface area contributed by atoms with E-state index in [2.05, 4.69) is 26.9 Å². The lowest BCUT2D eigenvalue weighted by atomic mass is 9.96. The summed E-state index contributed by atoms with van der Waals surface area (Å²) in [7, 11) is 0. The topological polar surface area (TPSA) is 87.6 Å². The molecule has 1 heterocycles. The SMILES string of the molecule is CCN(CC(C)C(N)=NO)c1ncnc2c1CCCC2. The number of rotatable bonds is 5. The Bertz CT molecular complexity index is 488. The molecule has 0 amide bonds. The Morgan fingerprint density at radius 2 is 2.20 bits per heavy atom. The summed E-state index contributed by atoms with van der Waals surface area (Å²) < 4.78 is 0. The number of hydrogen-bond acceptors (Lipinski definition) is 5. The van der Waals surface area contributed by atoms with E-state index in [1.54, 1.807) is 6.33 Å². The van der Waals surface area contributed by atoms with E-state index in [0.717, 1.165) is 25.2 Å². The van der Waals surface area contributed by atoms with E-state index in [1.807, 2.05) is 6.92 Å². The van der Waals surface area contributed by atoms with Crippen LogP contribution in [0.3, 0.4) is 0 Å². The van der Waals surface area contributed by atoms with Crippen molar-refractivity contribution in [3.8, 4) is 0 Å². The Labute approximate surface area is 119 Å². The molecule has 20 heavy (non-hydrogen) atoms. The smallest absolute Gasteiger partial charge is 0.143 e. The minimum atomic E-state index is -0.0193. The third-order valence-electron chi connectivity index (χ3n) is 3.90. The van der Waals surface area contributed by atoms with Gasteiger partial charge >= 0.3 is 0 Å². The van der Waals surface area contributed by atoms with Crippen LogP contribution in [0.15, 0.2) is 11.5 Å². The Kier molecular flexibility index (Phi) is 4.76. The predicted molar refractivity (Wildman–Crippen MR) is 79.1 cm³/mol. The number of amidine groups is 1. The molecule has 6 heteroatoms. The molecule has 1 aromatic rings. The first-order valence-electron chi connectivity index (χ1n) is 7.22. The van der Waals surface area contributed by atoms with Gasteiger partial charge in [0, 0.05) is 30.3 Å². The molecule has 2 rings (SSSR count). The van der Waals surface area contributed by atoms with Crippen molar-refractivity contribution < 1.29 is 5.21 Å². The van der Waals surface area contributed by atoms with Crippen molar-refractivity contribution in [2.75, 3.05) is 18.0 Å². The first-order valence-corrected chi connectivity index (χ1v) is 7.22. The molecule has 0 bridgehead atoms. The molecular weight excluding hydrogens is 254 g/mol. The summed E-state index contributed by atoms with van der Waals surface area (Å²) in [6.07, 6.45) is 6.13. The first kappa shape index (κ1) is 14.6. The summed E-state index contributed by atoms with van der Waals surface area (Å²) >= 11 is 0. The zero-order valence-corrected chi connectivity index (χ0v) is 12.2. The van der Waals surface area contributed by atoms with Crippen LogP contribution >= 0.6 is 0 Å². The van der Waals surface area contributed by atoms with Crippen LogP contribution in [0.5, 0.6) is 0 Å². The zero-order valence-electron chi connectivity index (χ0n) is 12.2. The highest BCUT2D eigenvalue weighted by Gasteiger charge is 2.21. The van der Waals surface area contributed by atoms with Gasteiger partial charge in [0.25, 0.3) is 0 Å². The molecule has 3 N–H and O–H groups in total. The summed E-state index contributed by atoms with van der Waals surface area (Å²) in [5.41, 5.74) is 8.12. The summed E-state index contributed by atoms with van der Waals surface area (Å²) in [6.45, 7) is 5.57. The zero-order chi connectivity index (χ0) is 14.5. The molecule has 1 unspecified atom stereocenters. The standard InChI is InChI=1S/C14H23N5O/c1-3-19(8-10(2)13(15)18-20)14-11-6-4-5-7-12(11)16-9-17-14/h9-10,20H,3-8H2,1-2H3,(H2,15,18). The lowest BCUT2D eigenvalue weighted by molar-refractivity contribution is 0.314. The number of nitrogens with two attached hydrogens (primary N) is 1. The van der Waals surface area contributed by atoms with Crippen molar-refractivity contribution >= 4 is 11.7 Å². The summed E-state index contributed by atoms with van der Waals surface area (Å²) in [5, 5.41) is 11.9. The van der Waals surface area contributed by atoms with Gasteiger partial charge in [-0.25, -0.2) is 9.97 Å². The van der Waals surface area contributed by atoms with Crippen molar-refractivity contribution in [3.63, 3.8) is 0 Å². The summed E-state index contributed by atoms with van der Waals surface area (Å²) in [5.74, 6) is 1.25. The van der Waals surface area contributed by atoms with Gasteiger partial charge in [0.1, 0.15) is 18.0 Å². The maximum Gasteiger partial charge on any atom is 0.143 e. The van der Waals surface area contributed by atoms with E-state index in [-0.39, 0.29) is 11.8 Å². The molecule has 0 aromatic carbocycles. The number of hydrogen-bond donors (Lipinski definition) is 2. The molecule has 1 aliphatic carbocycles. The van der Waals surface area contributed by atoms with Crippen molar-refractivity contribution in [2.24, 2.45) is 16.8 Å². The van der Waals surface area contributed by atoms with Crippen molar-refractivity contribution in [2.45, 2.75) is 39.5 Å². The van der Waals surface area contributed by atoms with Crippen LogP contribution in [-0.2, 0) is 12.8 Å². The highest BCUT2D eigenvalue weighted by atomic mass is 16.4. The molecule has 1 atom stereocenters. The molecule has 110 valence electrons. The minimum Gasteiger partial charge on any atom is -0.409 e. The Morgan fingerprint density at radius 1 is 1.45 bits per heavy atom. The van der Waals surface area contributed by atoms with E-state index >= 15 is 0 Å². The van der Waals surface area contributed by atoms with E-state index in [9.17, 15) is 0 Å². The normalized spacial score (nSPS) is 16.6. The second kappa shape index (κ2) is 6.54. The highest BCUT2D eigenvalue weighted by molar-refractivity contribution is 5.82. The number of oxime groups is 1. The van der Waals surface area contributed by atoms with Crippen LogP contribution in [0.2, 0.25) is 0 Å². The average Bonchev–Trinajstić information content (AvgIpc) is 2.51. The second-order valence-electron chi connectivity index (χ2n) is 5.29. The maximum atomic E-state index is 8.77. The Hall–Kier alpha value is -1.85. The monoisotopic (exact) mass is 277 g/mol. The van der Waals surface area contributed by atoms with Crippen LogP contribution in [-0.4, -0.2) is 34.1 Å². The van der Waals surface area contributed by atoms with E-state index in [4.69, 9.17) is 10.9 Å². The van der Waals surface area contributed by atoms with Crippen molar-refractivity contribution in [1.29, 1.82) is 0 Å². The fourth-order valence-corrected chi connectivity index (χ4v) is 2.66. The molecule has 6 nitrogen and oxygen atoms in total. The Balaban J connectivity index is 2.24. The highest BCUT2D eigenvalue weighted by Crippen LogP contribution is 2.27. The van der Waals surface area contributed by atoms with E-state index in [0.29, 0.717) is 6.54 Å². The van der Waals surface area contributed by atoms with Crippen LogP contribution in [0.1, 0.15) is 37.9 Å². The van der Waals surface area contributed by atoms with Gasteiger partial charge in [-0.15, -0.1) is 0 Å². The number of aromatic nitrogens is 2. The fourth-order valence-electron chi connectivity index (χ4n) is 2.66. The summed E-state index contributed by atoms with van der Waals surface area (Å²) in [6, 6.07) is 0. The molecule has 0 saturated heterocycles. The van der Waals surface area contributed by atoms with Gasteiger partial charge in [0.15, 0.2) is 0 Å². The number of aryl methyl sites for hydroxylation is 1. The number of fused-ring (bicyclic) bond motifs is 1. The van der Waals surface area contributed by atoms with Gasteiger partial charge in [-0.1, -0.05) is 12.1 Å². The van der Waals surface area contributed by atoms with Gasteiger partial charge in [-0.3, -0.25) is 0 Å². The third-order valence-corrected chi connectivity index (χ3v) is 3.90. The molecule has 0 spiro atoms. The summed E-state index contributed by atoms with van der Waals surface area (Å²) in [4.78, 5) is 11.1. The Morgan fingerprint density at radius 3 is 2.90 bits per heavy atom. The number of anilines is 1. The predicted octanol–water partition coefficient (Wildman–Crippen LogP) is 1.56. The van der Waals surface area contributed by atoms with Gasteiger partial charge in [0.2, 0.25) is 0 Å².